The molecule has 48 heavy (non-hydrogen) atoms. The Bertz CT molecular complexity index is 2760. The van der Waals surface area contributed by atoms with Crippen LogP contribution in [0.25, 0.3) is 82.1 Å². The highest BCUT2D eigenvalue weighted by atomic mass is 15.0. The van der Waals surface area contributed by atoms with Gasteiger partial charge in [-0.25, -0.2) is 4.85 Å². The second-order valence-electron chi connectivity index (χ2n) is 12.0. The molecular weight excluding hydrogens is 585 g/mol. The van der Waals surface area contributed by atoms with Crippen molar-refractivity contribution in [2.45, 2.75) is 0 Å². The molecule has 0 unspecified atom stereocenters. The molecule has 9 aromatic rings. The Morgan fingerprint density at radius 3 is 1.71 bits per heavy atom. The van der Waals surface area contributed by atoms with E-state index in [2.05, 4.69) is 147 Å². The van der Waals surface area contributed by atoms with Crippen molar-refractivity contribution in [1.82, 2.24) is 9.13 Å². The Hall–Kier alpha value is -6.88. The molecule has 4 nitrogen and oxygen atoms in total. The fourth-order valence-electron chi connectivity index (χ4n) is 7.26. The summed E-state index contributed by atoms with van der Waals surface area (Å²) in [6.07, 6.45) is 0. The SMILES string of the molecule is [C-]#[N+]c1cccc(-c2cccc(-c3cccc(-n4c5ccccc5c5ccc(C#N)cc54)c3)c2)c1-n1c2ccccc2c2ccccc21. The molecular formula is C44H26N4. The molecule has 7 aromatic carbocycles. The number of nitriles is 1. The molecule has 0 aliphatic rings. The largest absolute Gasteiger partial charge is 0.318 e. The molecule has 0 bridgehead atoms. The molecule has 0 saturated carbocycles. The van der Waals surface area contributed by atoms with Gasteiger partial charge < -0.3 is 9.13 Å². The fraction of sp³-hybridized carbons (Fsp3) is 0. The number of rotatable bonds is 4. The van der Waals surface area contributed by atoms with Crippen LogP contribution < -0.4 is 0 Å². The maximum atomic E-state index is 9.69. The lowest BCUT2D eigenvalue weighted by Crippen LogP contribution is -1.98. The van der Waals surface area contributed by atoms with E-state index in [0.29, 0.717) is 11.3 Å². The van der Waals surface area contributed by atoms with Crippen molar-refractivity contribution in [2.24, 2.45) is 0 Å². The lowest BCUT2D eigenvalue weighted by atomic mass is 9.97. The van der Waals surface area contributed by atoms with Crippen molar-refractivity contribution in [3.8, 4) is 39.7 Å². The molecule has 0 aliphatic heterocycles. The zero-order chi connectivity index (χ0) is 32.2. The summed E-state index contributed by atoms with van der Waals surface area (Å²) in [6, 6.07) is 56.6. The molecule has 222 valence electrons. The molecule has 2 heterocycles. The Balaban J connectivity index is 1.23. The van der Waals surface area contributed by atoms with Gasteiger partial charge in [0.1, 0.15) is 0 Å². The van der Waals surface area contributed by atoms with E-state index in [1.54, 1.807) is 0 Å². The van der Waals surface area contributed by atoms with E-state index in [1.165, 1.54) is 0 Å². The minimum absolute atomic E-state index is 0.606. The molecule has 4 heteroatoms. The minimum atomic E-state index is 0.606. The average molecular weight is 611 g/mol. The molecule has 9 rings (SSSR count). The first-order valence-corrected chi connectivity index (χ1v) is 15.9. The number of benzene rings is 7. The second-order valence-corrected chi connectivity index (χ2v) is 12.0. The van der Waals surface area contributed by atoms with E-state index >= 15 is 0 Å². The Kier molecular flexibility index (Phi) is 6.22. The maximum Gasteiger partial charge on any atom is 0.211 e. The molecule has 0 fully saturated rings. The summed E-state index contributed by atoms with van der Waals surface area (Å²) >= 11 is 0. The van der Waals surface area contributed by atoms with Crippen LogP contribution in [0, 0.1) is 17.9 Å². The second kappa shape index (κ2) is 10.9. The van der Waals surface area contributed by atoms with E-state index in [4.69, 9.17) is 6.57 Å². The van der Waals surface area contributed by atoms with Gasteiger partial charge in [-0.2, -0.15) is 5.26 Å². The maximum absolute atomic E-state index is 9.69. The fourth-order valence-corrected chi connectivity index (χ4v) is 7.26. The van der Waals surface area contributed by atoms with E-state index in [1.807, 2.05) is 30.3 Å². The van der Waals surface area contributed by atoms with Crippen LogP contribution >= 0.6 is 0 Å². The number of fused-ring (bicyclic) bond motifs is 6. The summed E-state index contributed by atoms with van der Waals surface area (Å²) in [6.45, 7) is 8.16. The smallest absolute Gasteiger partial charge is 0.211 e. The summed E-state index contributed by atoms with van der Waals surface area (Å²) in [7, 11) is 0. The summed E-state index contributed by atoms with van der Waals surface area (Å²) in [4.78, 5) is 4.02. The molecule has 2 aromatic heterocycles. The van der Waals surface area contributed by atoms with Crippen LogP contribution in [0.5, 0.6) is 0 Å². The Morgan fingerprint density at radius 1 is 0.479 bits per heavy atom. The van der Waals surface area contributed by atoms with Gasteiger partial charge in [-0.05, 0) is 70.8 Å². The van der Waals surface area contributed by atoms with Crippen molar-refractivity contribution >= 4 is 49.3 Å². The third kappa shape index (κ3) is 4.14. The van der Waals surface area contributed by atoms with Crippen LogP contribution in [-0.2, 0) is 0 Å². The summed E-state index contributed by atoms with van der Waals surface area (Å²) in [5, 5.41) is 14.3. The molecule has 0 saturated heterocycles. The van der Waals surface area contributed by atoms with Crippen LogP contribution in [0.1, 0.15) is 5.56 Å². The number of para-hydroxylation sites is 4. The van der Waals surface area contributed by atoms with Crippen LogP contribution in [0.2, 0.25) is 0 Å². The molecule has 0 aliphatic carbocycles. The Morgan fingerprint density at radius 2 is 1.04 bits per heavy atom. The quantitative estimate of drug-likeness (QED) is 0.183. The first-order chi connectivity index (χ1) is 23.7. The molecule has 0 radical (unpaired) electrons. The van der Waals surface area contributed by atoms with Gasteiger partial charge in [-0.15, -0.1) is 0 Å². The minimum Gasteiger partial charge on any atom is -0.318 e. The molecule has 0 atom stereocenters. The third-order valence-corrected chi connectivity index (χ3v) is 9.35. The first-order valence-electron chi connectivity index (χ1n) is 15.9. The number of aromatic nitrogens is 2. The van der Waals surface area contributed by atoms with Crippen molar-refractivity contribution in [3.05, 3.63) is 175 Å². The lowest BCUT2D eigenvalue weighted by Gasteiger charge is -2.17. The van der Waals surface area contributed by atoms with Gasteiger partial charge in [0.05, 0.1) is 46.0 Å². The van der Waals surface area contributed by atoms with Gasteiger partial charge in [-0.3, -0.25) is 0 Å². The Labute approximate surface area is 277 Å². The first kappa shape index (κ1) is 27.4. The van der Waals surface area contributed by atoms with Gasteiger partial charge in [-0.1, -0.05) is 109 Å². The van der Waals surface area contributed by atoms with Gasteiger partial charge >= 0.3 is 0 Å². The van der Waals surface area contributed by atoms with Crippen LogP contribution in [0.3, 0.4) is 0 Å². The van der Waals surface area contributed by atoms with Crippen molar-refractivity contribution < 1.29 is 0 Å². The van der Waals surface area contributed by atoms with Gasteiger partial charge in [0.25, 0.3) is 0 Å². The van der Waals surface area contributed by atoms with Gasteiger partial charge in [0, 0.05) is 27.2 Å². The predicted molar refractivity (Wildman–Crippen MR) is 197 cm³/mol. The average Bonchev–Trinajstić information content (AvgIpc) is 3.67. The van der Waals surface area contributed by atoms with Gasteiger partial charge in [0.15, 0.2) is 0 Å². The zero-order valence-corrected chi connectivity index (χ0v) is 25.8. The summed E-state index contributed by atoms with van der Waals surface area (Å²) < 4.78 is 4.50. The van der Waals surface area contributed by atoms with Crippen molar-refractivity contribution in [1.29, 1.82) is 5.26 Å². The predicted octanol–water partition coefficient (Wildman–Crippen LogP) is 11.6. The van der Waals surface area contributed by atoms with E-state index in [-0.39, 0.29) is 0 Å². The molecule has 0 amide bonds. The highest BCUT2D eigenvalue weighted by Gasteiger charge is 2.19. The van der Waals surface area contributed by atoms with Crippen molar-refractivity contribution in [3.63, 3.8) is 0 Å². The van der Waals surface area contributed by atoms with Gasteiger partial charge in [0.2, 0.25) is 5.69 Å². The lowest BCUT2D eigenvalue weighted by molar-refractivity contribution is 1.18. The van der Waals surface area contributed by atoms with Crippen LogP contribution in [0.15, 0.2) is 158 Å². The normalized spacial score (nSPS) is 11.3. The topological polar surface area (TPSA) is 38.0 Å². The third-order valence-electron chi connectivity index (χ3n) is 9.35. The van der Waals surface area contributed by atoms with E-state index in [0.717, 1.165) is 77.2 Å². The standard InChI is InChI=1S/C44H26N4/c1-46-39-19-10-18-34(44(39)48-41-21-6-3-15-35(41)36-16-4-7-22-42(36)48)32-13-8-11-30(26-32)31-12-9-14-33(27-31)47-40-20-5-2-17-37(40)38-24-23-29(28-45)25-43(38)47/h2-27H. The summed E-state index contributed by atoms with van der Waals surface area (Å²) in [5.74, 6) is 0. The van der Waals surface area contributed by atoms with Crippen molar-refractivity contribution in [2.75, 3.05) is 0 Å². The zero-order valence-electron chi connectivity index (χ0n) is 25.8. The highest BCUT2D eigenvalue weighted by molar-refractivity contribution is 6.11. The molecule has 0 spiro atoms. The molecule has 0 N–H and O–H groups in total. The summed E-state index contributed by atoms with van der Waals surface area (Å²) in [5.41, 5.74) is 11.6. The monoisotopic (exact) mass is 610 g/mol. The van der Waals surface area contributed by atoms with E-state index in [9.17, 15) is 5.26 Å². The van der Waals surface area contributed by atoms with Crippen LogP contribution in [-0.4, -0.2) is 9.13 Å². The van der Waals surface area contributed by atoms with Crippen LogP contribution in [0.4, 0.5) is 5.69 Å². The number of hydrogen-bond donors (Lipinski definition) is 0. The number of hydrogen-bond acceptors (Lipinski definition) is 1. The van der Waals surface area contributed by atoms with E-state index < -0.39 is 0 Å². The highest BCUT2D eigenvalue weighted by Crippen LogP contribution is 2.42. The number of nitrogens with zero attached hydrogens (tertiary/aromatic N) is 4.